The fraction of sp³-hybridized carbons (Fsp3) is 0.182. The summed E-state index contributed by atoms with van der Waals surface area (Å²) in [4.78, 5) is 27.3. The lowest BCUT2D eigenvalue weighted by atomic mass is 10.2. The molecule has 3 rings (SSSR count). The van der Waals surface area contributed by atoms with Crippen molar-refractivity contribution in [1.82, 2.24) is 19.9 Å². The summed E-state index contributed by atoms with van der Waals surface area (Å²) in [7, 11) is 0. The molecule has 0 fully saturated rings. The largest absolute Gasteiger partial charge is 0.335 e. The molecule has 0 saturated carbocycles. The van der Waals surface area contributed by atoms with Crippen LogP contribution in [0, 0.1) is 0 Å². The first-order valence-corrected chi connectivity index (χ1v) is 9.01. The lowest BCUT2D eigenvalue weighted by Crippen LogP contribution is -2.32. The van der Waals surface area contributed by atoms with E-state index in [-0.39, 0.29) is 5.91 Å². The third kappa shape index (κ3) is 5.07. The summed E-state index contributed by atoms with van der Waals surface area (Å²) in [6, 6.07) is 13.8. The molecule has 5 nitrogen and oxygen atoms in total. The van der Waals surface area contributed by atoms with Gasteiger partial charge in [-0.15, -0.1) is 0 Å². The quantitative estimate of drug-likeness (QED) is 0.638. The second-order valence-corrected chi connectivity index (χ2v) is 6.10. The number of rotatable bonds is 7. The minimum Gasteiger partial charge on any atom is -0.335 e. The topological polar surface area (TPSA) is 59.0 Å². The number of amides is 1. The molecule has 1 aromatic carbocycles. The third-order valence-electron chi connectivity index (χ3n) is 4.03. The van der Waals surface area contributed by atoms with E-state index in [1.807, 2.05) is 59.5 Å². The van der Waals surface area contributed by atoms with Gasteiger partial charge in [-0.05, 0) is 24.1 Å². The van der Waals surface area contributed by atoms with E-state index in [2.05, 4.69) is 21.9 Å². The SMILES string of the molecule is CCCN(CC=Cc1ccccc1)C(=O)c1cnc(-c2cccnc2)nc1. The Morgan fingerprint density at radius 2 is 1.81 bits per heavy atom. The van der Waals surface area contributed by atoms with Crippen molar-refractivity contribution < 1.29 is 4.79 Å². The molecule has 0 aliphatic rings. The lowest BCUT2D eigenvalue weighted by molar-refractivity contribution is 0.0773. The van der Waals surface area contributed by atoms with Gasteiger partial charge in [0.2, 0.25) is 0 Å². The zero-order valence-electron chi connectivity index (χ0n) is 15.3. The van der Waals surface area contributed by atoms with Crippen LogP contribution in [0.25, 0.3) is 17.5 Å². The Labute approximate surface area is 159 Å². The number of carbonyl (C=O) groups is 1. The lowest BCUT2D eigenvalue weighted by Gasteiger charge is -2.20. The van der Waals surface area contributed by atoms with E-state index in [1.165, 1.54) is 0 Å². The number of nitrogens with zero attached hydrogens (tertiary/aromatic N) is 4. The highest BCUT2D eigenvalue weighted by Crippen LogP contribution is 2.13. The van der Waals surface area contributed by atoms with Gasteiger partial charge in [0.25, 0.3) is 5.91 Å². The summed E-state index contributed by atoms with van der Waals surface area (Å²) in [5.41, 5.74) is 2.43. The van der Waals surface area contributed by atoms with Crippen LogP contribution in [0.5, 0.6) is 0 Å². The molecule has 1 amide bonds. The Morgan fingerprint density at radius 3 is 2.48 bits per heavy atom. The van der Waals surface area contributed by atoms with Crippen LogP contribution in [0.1, 0.15) is 29.3 Å². The Bertz CT molecular complexity index is 877. The first kappa shape index (κ1) is 18.5. The molecule has 0 spiro atoms. The highest BCUT2D eigenvalue weighted by Gasteiger charge is 2.15. The van der Waals surface area contributed by atoms with Gasteiger partial charge in [-0.1, -0.05) is 49.4 Å². The van der Waals surface area contributed by atoms with Crippen LogP contribution in [-0.2, 0) is 0 Å². The summed E-state index contributed by atoms with van der Waals surface area (Å²) in [5, 5.41) is 0. The van der Waals surface area contributed by atoms with Crippen molar-refractivity contribution >= 4 is 12.0 Å². The summed E-state index contributed by atoms with van der Waals surface area (Å²) < 4.78 is 0. The molecule has 5 heteroatoms. The number of hydrogen-bond acceptors (Lipinski definition) is 4. The van der Waals surface area contributed by atoms with Gasteiger partial charge < -0.3 is 4.90 Å². The van der Waals surface area contributed by atoms with E-state index >= 15 is 0 Å². The molecule has 3 aromatic rings. The first-order chi connectivity index (χ1) is 13.3. The maximum Gasteiger partial charge on any atom is 0.257 e. The van der Waals surface area contributed by atoms with E-state index in [1.54, 1.807) is 24.8 Å². The van der Waals surface area contributed by atoms with Crippen LogP contribution in [0.3, 0.4) is 0 Å². The minimum atomic E-state index is -0.0627. The predicted molar refractivity (Wildman–Crippen MR) is 107 cm³/mol. The highest BCUT2D eigenvalue weighted by molar-refractivity contribution is 5.93. The molecular formula is C22H22N4O. The molecule has 27 heavy (non-hydrogen) atoms. The molecule has 0 radical (unpaired) electrons. The number of pyridine rings is 1. The minimum absolute atomic E-state index is 0.0627. The van der Waals surface area contributed by atoms with Crippen LogP contribution in [0.4, 0.5) is 0 Å². The van der Waals surface area contributed by atoms with E-state index in [0.29, 0.717) is 24.5 Å². The van der Waals surface area contributed by atoms with Gasteiger partial charge in [-0.2, -0.15) is 0 Å². The maximum atomic E-state index is 12.8. The molecule has 2 heterocycles. The van der Waals surface area contributed by atoms with Gasteiger partial charge in [0.05, 0.1) is 5.56 Å². The summed E-state index contributed by atoms with van der Waals surface area (Å²) >= 11 is 0. The van der Waals surface area contributed by atoms with Gasteiger partial charge in [-0.25, -0.2) is 9.97 Å². The van der Waals surface area contributed by atoms with Crippen LogP contribution >= 0.6 is 0 Å². The van der Waals surface area contributed by atoms with Crippen molar-refractivity contribution in [3.8, 4) is 11.4 Å². The second-order valence-electron chi connectivity index (χ2n) is 6.10. The maximum absolute atomic E-state index is 12.8. The van der Waals surface area contributed by atoms with E-state index in [9.17, 15) is 4.79 Å². The summed E-state index contributed by atoms with van der Waals surface area (Å²) in [6.07, 6.45) is 11.5. The van der Waals surface area contributed by atoms with Gasteiger partial charge in [0.15, 0.2) is 5.82 Å². The Kier molecular flexibility index (Phi) is 6.41. The average Bonchev–Trinajstić information content (AvgIpc) is 2.74. The van der Waals surface area contributed by atoms with Gasteiger partial charge >= 0.3 is 0 Å². The number of carbonyl (C=O) groups excluding carboxylic acids is 1. The molecule has 0 saturated heterocycles. The van der Waals surface area contributed by atoms with Crippen LogP contribution in [-0.4, -0.2) is 38.8 Å². The van der Waals surface area contributed by atoms with E-state index in [0.717, 1.165) is 17.5 Å². The van der Waals surface area contributed by atoms with Crippen molar-refractivity contribution in [2.24, 2.45) is 0 Å². The third-order valence-corrected chi connectivity index (χ3v) is 4.03. The summed E-state index contributed by atoms with van der Waals surface area (Å²) in [5.74, 6) is 0.498. The highest BCUT2D eigenvalue weighted by atomic mass is 16.2. The van der Waals surface area contributed by atoms with Crippen molar-refractivity contribution in [3.63, 3.8) is 0 Å². The van der Waals surface area contributed by atoms with Gasteiger partial charge in [0, 0.05) is 43.4 Å². The Hall–Kier alpha value is -3.34. The molecular weight excluding hydrogens is 336 g/mol. The molecule has 136 valence electrons. The van der Waals surface area contributed by atoms with Crippen LogP contribution in [0.15, 0.2) is 73.3 Å². The number of hydrogen-bond donors (Lipinski definition) is 0. The zero-order valence-corrected chi connectivity index (χ0v) is 15.3. The smallest absolute Gasteiger partial charge is 0.257 e. The second kappa shape index (κ2) is 9.38. The van der Waals surface area contributed by atoms with Crippen molar-refractivity contribution in [3.05, 3.63) is 84.5 Å². The average molecular weight is 358 g/mol. The molecule has 0 unspecified atom stereocenters. The Balaban J connectivity index is 1.69. The van der Waals surface area contributed by atoms with Crippen molar-refractivity contribution in [2.75, 3.05) is 13.1 Å². The van der Waals surface area contributed by atoms with Crippen molar-refractivity contribution in [1.29, 1.82) is 0 Å². The fourth-order valence-electron chi connectivity index (χ4n) is 2.69. The summed E-state index contributed by atoms with van der Waals surface area (Å²) in [6.45, 7) is 3.29. The standard InChI is InChI=1S/C22H22N4O/c1-2-13-26(14-7-10-18-8-4-3-5-9-18)22(27)20-16-24-21(25-17-20)19-11-6-12-23-15-19/h3-12,15-17H,2,13-14H2,1H3. The molecule has 2 aromatic heterocycles. The number of aromatic nitrogens is 3. The zero-order chi connectivity index (χ0) is 18.9. The van der Waals surface area contributed by atoms with E-state index < -0.39 is 0 Å². The van der Waals surface area contributed by atoms with Crippen LogP contribution < -0.4 is 0 Å². The molecule has 0 N–H and O–H groups in total. The van der Waals surface area contributed by atoms with Crippen molar-refractivity contribution in [2.45, 2.75) is 13.3 Å². The first-order valence-electron chi connectivity index (χ1n) is 9.01. The monoisotopic (exact) mass is 358 g/mol. The van der Waals surface area contributed by atoms with Crippen LogP contribution in [0.2, 0.25) is 0 Å². The predicted octanol–water partition coefficient (Wildman–Crippen LogP) is 4.10. The molecule has 0 aliphatic carbocycles. The normalized spacial score (nSPS) is 10.9. The van der Waals surface area contributed by atoms with Gasteiger partial charge in [-0.3, -0.25) is 9.78 Å². The molecule has 0 bridgehead atoms. The fourth-order valence-corrected chi connectivity index (χ4v) is 2.69. The Morgan fingerprint density at radius 1 is 1.04 bits per heavy atom. The molecule has 0 aliphatic heterocycles. The number of benzene rings is 1. The van der Waals surface area contributed by atoms with E-state index in [4.69, 9.17) is 0 Å². The molecule has 0 atom stereocenters. The van der Waals surface area contributed by atoms with Gasteiger partial charge in [0.1, 0.15) is 0 Å².